The number of hydrogen-bond acceptors (Lipinski definition) is 3. The molecule has 0 unspecified atom stereocenters. The van der Waals surface area contributed by atoms with Gasteiger partial charge in [-0.1, -0.05) is 0 Å². The van der Waals surface area contributed by atoms with E-state index >= 15 is 0 Å². The Morgan fingerprint density at radius 3 is 2.93 bits per heavy atom. The SMILES string of the molecule is COc1ccc(C=O)c2c1cnn2C. The first-order chi connectivity index (χ1) is 6.77. The first kappa shape index (κ1) is 8.74. The molecule has 0 spiro atoms. The molecule has 0 radical (unpaired) electrons. The van der Waals surface area contributed by atoms with Gasteiger partial charge in [0.25, 0.3) is 0 Å². The summed E-state index contributed by atoms with van der Waals surface area (Å²) < 4.78 is 6.84. The molecule has 0 saturated heterocycles. The Morgan fingerprint density at radius 2 is 2.29 bits per heavy atom. The lowest BCUT2D eigenvalue weighted by Gasteiger charge is -2.03. The molecular formula is C10H10N2O2. The van der Waals surface area contributed by atoms with Crippen molar-refractivity contribution >= 4 is 17.2 Å². The van der Waals surface area contributed by atoms with Crippen LogP contribution in [-0.4, -0.2) is 23.2 Å². The summed E-state index contributed by atoms with van der Waals surface area (Å²) in [6.07, 6.45) is 2.52. The molecule has 4 heteroatoms. The largest absolute Gasteiger partial charge is 0.496 e. The molecule has 72 valence electrons. The van der Waals surface area contributed by atoms with Crippen LogP contribution in [0.5, 0.6) is 5.75 Å². The molecule has 4 nitrogen and oxygen atoms in total. The van der Waals surface area contributed by atoms with Crippen molar-refractivity contribution in [1.82, 2.24) is 9.78 Å². The molecule has 0 saturated carbocycles. The number of ether oxygens (including phenoxy) is 1. The minimum atomic E-state index is 0.626. The van der Waals surface area contributed by atoms with E-state index < -0.39 is 0 Å². The summed E-state index contributed by atoms with van der Waals surface area (Å²) in [6, 6.07) is 3.50. The number of aromatic nitrogens is 2. The van der Waals surface area contributed by atoms with Crippen LogP contribution in [0.1, 0.15) is 10.4 Å². The van der Waals surface area contributed by atoms with E-state index in [-0.39, 0.29) is 0 Å². The molecule has 0 bridgehead atoms. The topological polar surface area (TPSA) is 44.1 Å². The first-order valence-corrected chi connectivity index (χ1v) is 4.22. The van der Waals surface area contributed by atoms with Crippen LogP contribution in [0.4, 0.5) is 0 Å². The average Bonchev–Trinajstić information content (AvgIpc) is 2.60. The highest BCUT2D eigenvalue weighted by molar-refractivity contribution is 5.98. The molecule has 0 aliphatic heterocycles. The molecule has 1 aromatic carbocycles. The van der Waals surface area contributed by atoms with E-state index in [4.69, 9.17) is 4.74 Å². The Balaban J connectivity index is 2.87. The molecule has 0 N–H and O–H groups in total. The summed E-state index contributed by atoms with van der Waals surface area (Å²) in [4.78, 5) is 10.8. The molecule has 14 heavy (non-hydrogen) atoms. The fraction of sp³-hybridized carbons (Fsp3) is 0.200. The summed E-state index contributed by atoms with van der Waals surface area (Å²) in [7, 11) is 3.40. The molecule has 0 atom stereocenters. The third kappa shape index (κ3) is 1.08. The number of carbonyl (C=O) groups is 1. The molecule has 2 rings (SSSR count). The van der Waals surface area contributed by atoms with Crippen LogP contribution in [0, 0.1) is 0 Å². The number of nitrogens with zero attached hydrogens (tertiary/aromatic N) is 2. The summed E-state index contributed by atoms with van der Waals surface area (Å²) >= 11 is 0. The van der Waals surface area contributed by atoms with Crippen molar-refractivity contribution in [1.29, 1.82) is 0 Å². The Labute approximate surface area is 81.1 Å². The van der Waals surface area contributed by atoms with E-state index in [9.17, 15) is 4.79 Å². The number of fused-ring (bicyclic) bond motifs is 1. The van der Waals surface area contributed by atoms with Crippen LogP contribution in [-0.2, 0) is 7.05 Å². The fourth-order valence-corrected chi connectivity index (χ4v) is 1.57. The second kappa shape index (κ2) is 3.14. The summed E-state index contributed by atoms with van der Waals surface area (Å²) in [6.45, 7) is 0. The maximum atomic E-state index is 10.8. The highest BCUT2D eigenvalue weighted by Gasteiger charge is 2.09. The average molecular weight is 190 g/mol. The van der Waals surface area contributed by atoms with Crippen LogP contribution in [0.15, 0.2) is 18.3 Å². The number of aldehydes is 1. The number of aryl methyl sites for hydroxylation is 1. The second-order valence-electron chi connectivity index (χ2n) is 3.01. The molecule has 1 aromatic heterocycles. The first-order valence-electron chi connectivity index (χ1n) is 4.22. The van der Waals surface area contributed by atoms with Crippen molar-refractivity contribution in [2.45, 2.75) is 0 Å². The van der Waals surface area contributed by atoms with Gasteiger partial charge in [0.2, 0.25) is 0 Å². The van der Waals surface area contributed by atoms with E-state index in [1.165, 1.54) is 0 Å². The van der Waals surface area contributed by atoms with Crippen LogP contribution in [0.3, 0.4) is 0 Å². The lowest BCUT2D eigenvalue weighted by molar-refractivity contribution is 0.112. The van der Waals surface area contributed by atoms with Crippen molar-refractivity contribution in [3.8, 4) is 5.75 Å². The number of benzene rings is 1. The zero-order valence-corrected chi connectivity index (χ0v) is 8.02. The molecule has 0 aliphatic rings. The Bertz CT molecular complexity index is 488. The van der Waals surface area contributed by atoms with Gasteiger partial charge in [-0.15, -0.1) is 0 Å². The Kier molecular flexibility index (Phi) is 1.96. The van der Waals surface area contributed by atoms with Crippen molar-refractivity contribution in [3.05, 3.63) is 23.9 Å². The monoisotopic (exact) mass is 190 g/mol. The molecule has 0 aliphatic carbocycles. The number of methoxy groups -OCH3 is 1. The van der Waals surface area contributed by atoms with Crippen LogP contribution in [0.25, 0.3) is 10.9 Å². The predicted octanol–water partition coefficient (Wildman–Crippen LogP) is 1.39. The Morgan fingerprint density at radius 1 is 1.50 bits per heavy atom. The van der Waals surface area contributed by atoms with E-state index in [2.05, 4.69) is 5.10 Å². The minimum absolute atomic E-state index is 0.626. The molecular weight excluding hydrogens is 180 g/mol. The van der Waals surface area contributed by atoms with Gasteiger partial charge in [-0.05, 0) is 12.1 Å². The quantitative estimate of drug-likeness (QED) is 0.672. The smallest absolute Gasteiger partial charge is 0.152 e. The van der Waals surface area contributed by atoms with Gasteiger partial charge in [-0.3, -0.25) is 9.48 Å². The number of hydrogen-bond donors (Lipinski definition) is 0. The zero-order chi connectivity index (χ0) is 10.1. The highest BCUT2D eigenvalue weighted by atomic mass is 16.5. The van der Waals surface area contributed by atoms with Crippen LogP contribution < -0.4 is 4.74 Å². The standard InChI is InChI=1S/C10H10N2O2/c1-12-10-7(6-13)3-4-9(14-2)8(10)5-11-12/h3-6H,1-2H3. The molecule has 2 aromatic rings. The van der Waals surface area contributed by atoms with Gasteiger partial charge in [0, 0.05) is 12.6 Å². The van der Waals surface area contributed by atoms with E-state index in [0.717, 1.165) is 22.9 Å². The highest BCUT2D eigenvalue weighted by Crippen LogP contribution is 2.26. The molecule has 1 heterocycles. The van der Waals surface area contributed by atoms with E-state index in [0.29, 0.717) is 5.56 Å². The van der Waals surface area contributed by atoms with Gasteiger partial charge in [0.15, 0.2) is 6.29 Å². The molecule has 0 fully saturated rings. The third-order valence-electron chi connectivity index (χ3n) is 2.24. The fourth-order valence-electron chi connectivity index (χ4n) is 1.57. The lowest BCUT2D eigenvalue weighted by Crippen LogP contribution is -1.94. The zero-order valence-electron chi connectivity index (χ0n) is 8.02. The number of rotatable bonds is 2. The Hall–Kier alpha value is -1.84. The van der Waals surface area contributed by atoms with Crippen LogP contribution in [0.2, 0.25) is 0 Å². The normalized spacial score (nSPS) is 10.4. The summed E-state index contributed by atoms with van der Waals surface area (Å²) in [5, 5.41) is 4.95. The predicted molar refractivity (Wildman–Crippen MR) is 52.7 cm³/mol. The number of carbonyl (C=O) groups excluding carboxylic acids is 1. The van der Waals surface area contributed by atoms with Crippen molar-refractivity contribution in [3.63, 3.8) is 0 Å². The lowest BCUT2D eigenvalue weighted by atomic mass is 10.1. The minimum Gasteiger partial charge on any atom is -0.496 e. The van der Waals surface area contributed by atoms with Crippen molar-refractivity contribution in [2.75, 3.05) is 7.11 Å². The van der Waals surface area contributed by atoms with E-state index in [1.807, 2.05) is 0 Å². The van der Waals surface area contributed by atoms with Gasteiger partial charge >= 0.3 is 0 Å². The van der Waals surface area contributed by atoms with Gasteiger partial charge in [0.1, 0.15) is 5.75 Å². The van der Waals surface area contributed by atoms with E-state index in [1.54, 1.807) is 37.2 Å². The van der Waals surface area contributed by atoms with Gasteiger partial charge < -0.3 is 4.74 Å². The summed E-state index contributed by atoms with van der Waals surface area (Å²) in [5.74, 6) is 0.735. The maximum Gasteiger partial charge on any atom is 0.152 e. The third-order valence-corrected chi connectivity index (χ3v) is 2.24. The van der Waals surface area contributed by atoms with Gasteiger partial charge in [-0.25, -0.2) is 0 Å². The van der Waals surface area contributed by atoms with Gasteiger partial charge in [0.05, 0.1) is 24.2 Å². The van der Waals surface area contributed by atoms with Gasteiger partial charge in [-0.2, -0.15) is 5.10 Å². The second-order valence-corrected chi connectivity index (χ2v) is 3.01. The summed E-state index contributed by atoms with van der Waals surface area (Å²) in [5.41, 5.74) is 1.43. The molecule has 0 amide bonds. The van der Waals surface area contributed by atoms with Crippen molar-refractivity contribution in [2.24, 2.45) is 7.05 Å². The van der Waals surface area contributed by atoms with Crippen molar-refractivity contribution < 1.29 is 9.53 Å². The maximum absolute atomic E-state index is 10.8. The van der Waals surface area contributed by atoms with Crippen LogP contribution >= 0.6 is 0 Å².